The number of aryl methyl sites for hydroxylation is 1. The minimum atomic E-state index is -4.39. The van der Waals surface area contributed by atoms with Gasteiger partial charge in [0.1, 0.15) is 16.4 Å². The van der Waals surface area contributed by atoms with Crippen LogP contribution in [0.25, 0.3) is 0 Å². The van der Waals surface area contributed by atoms with Gasteiger partial charge in [-0.1, -0.05) is 56.9 Å². The Hall–Kier alpha value is -0.414. The fourth-order valence-corrected chi connectivity index (χ4v) is 3.25. The summed E-state index contributed by atoms with van der Waals surface area (Å²) in [5, 5.41) is 11.7. The first-order valence-electron chi connectivity index (χ1n) is 8.46. The maximum Gasteiger partial charge on any atom is 1.00 e. The largest absolute Gasteiger partial charge is 1.00 e. The molecule has 0 unspecified atom stereocenters. The SMILES string of the molecule is CCCCCCCc1cc([O-])ccc1Oc1ccccc1S(=O)(=O)O.[K+]. The Morgan fingerprint density at radius 3 is 2.38 bits per heavy atom. The molecule has 2 aromatic carbocycles. The van der Waals surface area contributed by atoms with E-state index in [-0.39, 0.29) is 67.8 Å². The van der Waals surface area contributed by atoms with E-state index in [1.165, 1.54) is 36.8 Å². The van der Waals surface area contributed by atoms with Crippen molar-refractivity contribution in [2.45, 2.75) is 50.3 Å². The third kappa shape index (κ3) is 7.30. The molecule has 0 aromatic heterocycles. The van der Waals surface area contributed by atoms with Gasteiger partial charge in [-0.05, 0) is 36.6 Å². The maximum atomic E-state index is 11.7. The molecule has 2 aromatic rings. The third-order valence-electron chi connectivity index (χ3n) is 3.93. The normalized spacial score (nSPS) is 11.0. The van der Waals surface area contributed by atoms with Crippen LogP contribution >= 0.6 is 0 Å². The summed E-state index contributed by atoms with van der Waals surface area (Å²) in [6.45, 7) is 2.15. The summed E-state index contributed by atoms with van der Waals surface area (Å²) in [7, 11) is -4.39. The Morgan fingerprint density at radius 2 is 1.69 bits per heavy atom. The molecule has 0 radical (unpaired) electrons. The molecule has 136 valence electrons. The van der Waals surface area contributed by atoms with Crippen LogP contribution in [0.4, 0.5) is 0 Å². The van der Waals surface area contributed by atoms with Crippen molar-refractivity contribution in [3.05, 3.63) is 48.0 Å². The topological polar surface area (TPSA) is 86.7 Å². The van der Waals surface area contributed by atoms with Crippen molar-refractivity contribution in [3.8, 4) is 17.2 Å². The van der Waals surface area contributed by atoms with Crippen molar-refractivity contribution in [1.82, 2.24) is 0 Å². The molecule has 0 saturated carbocycles. The Balaban J connectivity index is 0.00000338. The van der Waals surface area contributed by atoms with E-state index in [2.05, 4.69) is 6.92 Å². The van der Waals surface area contributed by atoms with Crippen LogP contribution in [0, 0.1) is 0 Å². The molecule has 0 spiro atoms. The van der Waals surface area contributed by atoms with E-state index in [0.717, 1.165) is 31.2 Å². The van der Waals surface area contributed by atoms with Crippen LogP contribution in [0.1, 0.15) is 44.6 Å². The average molecular weight is 403 g/mol. The van der Waals surface area contributed by atoms with Crippen LogP contribution in [0.5, 0.6) is 17.2 Å². The predicted octanol–water partition coefficient (Wildman–Crippen LogP) is 1.32. The molecule has 0 bridgehead atoms. The summed E-state index contributed by atoms with van der Waals surface area (Å²) in [4.78, 5) is -0.296. The fraction of sp³-hybridized carbons (Fsp3) is 0.368. The van der Waals surface area contributed by atoms with E-state index >= 15 is 0 Å². The number of para-hydroxylation sites is 1. The maximum absolute atomic E-state index is 11.7. The van der Waals surface area contributed by atoms with E-state index in [0.29, 0.717) is 12.2 Å². The number of rotatable bonds is 9. The van der Waals surface area contributed by atoms with Crippen molar-refractivity contribution in [2.75, 3.05) is 0 Å². The summed E-state index contributed by atoms with van der Waals surface area (Å²) in [5.41, 5.74) is 0.745. The summed E-state index contributed by atoms with van der Waals surface area (Å²) in [6.07, 6.45) is 6.18. The van der Waals surface area contributed by atoms with Gasteiger partial charge in [-0.3, -0.25) is 4.55 Å². The molecule has 0 atom stereocenters. The van der Waals surface area contributed by atoms with Gasteiger partial charge >= 0.3 is 51.4 Å². The van der Waals surface area contributed by atoms with Crippen molar-refractivity contribution in [1.29, 1.82) is 0 Å². The van der Waals surface area contributed by atoms with Crippen LogP contribution in [-0.2, 0) is 16.5 Å². The van der Waals surface area contributed by atoms with Gasteiger partial charge in [0.2, 0.25) is 0 Å². The first-order chi connectivity index (χ1) is 11.9. The molecule has 26 heavy (non-hydrogen) atoms. The van der Waals surface area contributed by atoms with E-state index in [9.17, 15) is 18.1 Å². The van der Waals surface area contributed by atoms with Crippen molar-refractivity contribution in [3.63, 3.8) is 0 Å². The second kappa shape index (κ2) is 11.4. The zero-order valence-electron chi connectivity index (χ0n) is 15.3. The van der Waals surface area contributed by atoms with Crippen molar-refractivity contribution >= 4 is 10.1 Å². The second-order valence-electron chi connectivity index (χ2n) is 5.96. The summed E-state index contributed by atoms with van der Waals surface area (Å²) in [5.74, 6) is 0.362. The van der Waals surface area contributed by atoms with E-state index < -0.39 is 10.1 Å². The van der Waals surface area contributed by atoms with Gasteiger partial charge in [-0.15, -0.1) is 5.75 Å². The molecule has 0 amide bonds. The Labute approximate surface area is 198 Å². The molecule has 7 heteroatoms. The fourth-order valence-electron chi connectivity index (χ4n) is 2.64. The summed E-state index contributed by atoms with van der Waals surface area (Å²) in [6, 6.07) is 10.3. The van der Waals surface area contributed by atoms with Crippen LogP contribution < -0.4 is 61.2 Å². The third-order valence-corrected chi connectivity index (χ3v) is 4.82. The van der Waals surface area contributed by atoms with Crippen molar-refractivity contribution < 1.29 is 74.2 Å². The van der Waals surface area contributed by atoms with Gasteiger partial charge in [0.25, 0.3) is 10.1 Å². The van der Waals surface area contributed by atoms with Gasteiger partial charge in [-0.2, -0.15) is 8.42 Å². The second-order valence-corrected chi connectivity index (χ2v) is 7.35. The monoisotopic (exact) mass is 402 g/mol. The zero-order valence-corrected chi connectivity index (χ0v) is 19.2. The van der Waals surface area contributed by atoms with Gasteiger partial charge in [0.15, 0.2) is 0 Å². The summed E-state index contributed by atoms with van der Waals surface area (Å²) >= 11 is 0. The van der Waals surface area contributed by atoms with Crippen LogP contribution in [-0.4, -0.2) is 13.0 Å². The van der Waals surface area contributed by atoms with E-state index in [4.69, 9.17) is 4.74 Å². The van der Waals surface area contributed by atoms with Crippen LogP contribution in [0.3, 0.4) is 0 Å². The number of unbranched alkanes of at least 4 members (excludes halogenated alkanes) is 4. The first kappa shape index (κ1) is 23.6. The zero-order chi connectivity index (χ0) is 18.3. The quantitative estimate of drug-likeness (QED) is 0.388. The molecule has 0 aliphatic rings. The number of hydrogen-bond donors (Lipinski definition) is 1. The van der Waals surface area contributed by atoms with Crippen LogP contribution in [0.2, 0.25) is 0 Å². The molecule has 5 nitrogen and oxygen atoms in total. The molecule has 0 heterocycles. The Kier molecular flexibility index (Phi) is 10.4. The van der Waals surface area contributed by atoms with Gasteiger partial charge in [0.05, 0.1) is 0 Å². The molecule has 0 fully saturated rings. The van der Waals surface area contributed by atoms with Crippen molar-refractivity contribution in [2.24, 2.45) is 0 Å². The van der Waals surface area contributed by atoms with Crippen LogP contribution in [0.15, 0.2) is 47.4 Å². The molecule has 0 saturated heterocycles. The first-order valence-corrected chi connectivity index (χ1v) is 9.90. The molecular formula is C19H23KO5S. The molecule has 2 rings (SSSR count). The minimum Gasteiger partial charge on any atom is -0.872 e. The standard InChI is InChI=1S/C19H24O5S.K/c1-2-3-4-5-6-9-15-14-16(20)12-13-17(15)24-18-10-7-8-11-19(18)25(21,22)23;/h7-8,10-14,20H,2-6,9H2,1H3,(H,21,22,23);/q;+1/p-1. The van der Waals surface area contributed by atoms with E-state index in [1.54, 1.807) is 12.1 Å². The van der Waals surface area contributed by atoms with Gasteiger partial charge in [-0.25, -0.2) is 0 Å². The average Bonchev–Trinajstić information content (AvgIpc) is 2.56. The smallest absolute Gasteiger partial charge is 0.872 e. The number of hydrogen-bond acceptors (Lipinski definition) is 4. The molecule has 0 aliphatic carbocycles. The van der Waals surface area contributed by atoms with Gasteiger partial charge < -0.3 is 9.84 Å². The number of benzene rings is 2. The van der Waals surface area contributed by atoms with E-state index in [1.807, 2.05) is 0 Å². The summed E-state index contributed by atoms with van der Waals surface area (Å²) < 4.78 is 38.0. The molecule has 1 N–H and O–H groups in total. The molecular weight excluding hydrogens is 379 g/mol. The minimum absolute atomic E-state index is 0. The van der Waals surface area contributed by atoms with Gasteiger partial charge in [0, 0.05) is 0 Å². The number of ether oxygens (including phenoxy) is 1. The molecule has 0 aliphatic heterocycles. The Morgan fingerprint density at radius 1 is 1.00 bits per heavy atom. The Bertz CT molecular complexity index is 805. The predicted molar refractivity (Wildman–Crippen MR) is 94.7 cm³/mol.